The summed E-state index contributed by atoms with van der Waals surface area (Å²) in [7, 11) is 1.09. The van der Waals surface area contributed by atoms with Crippen molar-refractivity contribution in [2.24, 2.45) is 0 Å². The number of esters is 1. The maximum absolute atomic E-state index is 11.3. The van der Waals surface area contributed by atoms with Gasteiger partial charge in [0, 0.05) is 6.08 Å². The largest absolute Gasteiger partial charge is 0.497 e. The topological polar surface area (TPSA) is 44.8 Å². The molecule has 1 aromatic rings. The summed E-state index contributed by atoms with van der Waals surface area (Å²) in [4.78, 5) is 11.3. The van der Waals surface area contributed by atoms with E-state index in [2.05, 4.69) is 38.6 Å². The van der Waals surface area contributed by atoms with E-state index in [0.29, 0.717) is 6.42 Å². The molecule has 0 saturated carbocycles. The average molecular weight is 351 g/mol. The molecule has 0 aliphatic rings. The molecule has 24 heavy (non-hydrogen) atoms. The number of methoxy groups -OCH3 is 2. The predicted molar refractivity (Wildman–Crippen MR) is 99.8 cm³/mol. The van der Waals surface area contributed by atoms with Gasteiger partial charge in [0.15, 0.2) is 8.32 Å². The van der Waals surface area contributed by atoms with Crippen molar-refractivity contribution < 1.29 is 18.7 Å². The van der Waals surface area contributed by atoms with Crippen LogP contribution in [0.2, 0.25) is 18.1 Å². The third-order valence-corrected chi connectivity index (χ3v) is 9.02. The highest BCUT2D eigenvalue weighted by molar-refractivity contribution is 6.74. The lowest BCUT2D eigenvalue weighted by Gasteiger charge is -2.39. The second-order valence-corrected chi connectivity index (χ2v) is 12.1. The number of carbonyl (C=O) groups is 1. The highest BCUT2D eigenvalue weighted by Crippen LogP contribution is 2.40. The molecule has 0 spiro atoms. The Kier molecular flexibility index (Phi) is 7.23. The fraction of sp³-hybridized carbons (Fsp3) is 0.526. The number of hydrogen-bond donors (Lipinski definition) is 0. The van der Waals surface area contributed by atoms with E-state index in [1.54, 1.807) is 7.11 Å². The second-order valence-electron chi connectivity index (χ2n) is 7.30. The molecule has 0 amide bonds. The third kappa shape index (κ3) is 5.80. The van der Waals surface area contributed by atoms with Gasteiger partial charge in [0.2, 0.25) is 0 Å². The van der Waals surface area contributed by atoms with Gasteiger partial charge in [-0.2, -0.15) is 0 Å². The molecule has 1 rings (SSSR count). The first-order valence-corrected chi connectivity index (χ1v) is 11.1. The quantitative estimate of drug-likeness (QED) is 0.399. The summed E-state index contributed by atoms with van der Waals surface area (Å²) in [6.07, 6.45) is 3.78. The number of ether oxygens (including phenoxy) is 2. The minimum atomic E-state index is -1.94. The van der Waals surface area contributed by atoms with Crippen molar-refractivity contribution in [1.29, 1.82) is 0 Å². The molecule has 0 fully saturated rings. The van der Waals surface area contributed by atoms with Crippen LogP contribution in [0.25, 0.3) is 0 Å². The summed E-state index contributed by atoms with van der Waals surface area (Å²) in [6, 6.07) is 7.90. The third-order valence-electron chi connectivity index (χ3n) is 4.54. The molecular weight excluding hydrogens is 320 g/mol. The lowest BCUT2D eigenvalue weighted by molar-refractivity contribution is -0.134. The SMILES string of the molecule is COC(=O)/C=C/CC(O[Si](C)(C)C(C)(C)C)c1ccc(OC)cc1. The number of carbonyl (C=O) groups excluding carboxylic acids is 1. The fourth-order valence-electron chi connectivity index (χ4n) is 1.96. The normalized spacial score (nSPS) is 13.8. The van der Waals surface area contributed by atoms with Crippen molar-refractivity contribution in [1.82, 2.24) is 0 Å². The van der Waals surface area contributed by atoms with Gasteiger partial charge in [-0.3, -0.25) is 0 Å². The number of hydrogen-bond acceptors (Lipinski definition) is 4. The predicted octanol–water partition coefficient (Wildman–Crippen LogP) is 4.88. The van der Waals surface area contributed by atoms with Gasteiger partial charge in [-0.15, -0.1) is 0 Å². The van der Waals surface area contributed by atoms with Crippen LogP contribution in [-0.4, -0.2) is 28.5 Å². The zero-order chi connectivity index (χ0) is 18.4. The van der Waals surface area contributed by atoms with Crippen LogP contribution in [0.4, 0.5) is 0 Å². The Morgan fingerprint density at radius 2 is 1.75 bits per heavy atom. The molecule has 0 N–H and O–H groups in total. The van der Waals surface area contributed by atoms with Gasteiger partial charge in [-0.25, -0.2) is 4.79 Å². The summed E-state index contributed by atoms with van der Waals surface area (Å²) in [5.41, 5.74) is 1.08. The van der Waals surface area contributed by atoms with E-state index in [-0.39, 0.29) is 17.1 Å². The van der Waals surface area contributed by atoms with E-state index in [9.17, 15) is 4.79 Å². The Hall–Kier alpha value is -1.59. The zero-order valence-corrected chi connectivity index (χ0v) is 16.9. The average Bonchev–Trinajstić information content (AvgIpc) is 2.52. The highest BCUT2D eigenvalue weighted by atomic mass is 28.4. The van der Waals surface area contributed by atoms with Gasteiger partial charge in [0.05, 0.1) is 20.3 Å². The van der Waals surface area contributed by atoms with Gasteiger partial charge in [-0.1, -0.05) is 39.0 Å². The molecule has 0 heterocycles. The molecular formula is C19H30O4Si. The summed E-state index contributed by atoms with van der Waals surface area (Å²) in [5, 5.41) is 0.115. The fourth-order valence-corrected chi connectivity index (χ4v) is 3.26. The number of rotatable bonds is 7. The molecule has 134 valence electrons. The molecule has 1 aromatic carbocycles. The molecule has 0 aromatic heterocycles. The molecule has 1 atom stereocenters. The van der Waals surface area contributed by atoms with Crippen LogP contribution in [0.3, 0.4) is 0 Å². The number of benzene rings is 1. The summed E-state index contributed by atoms with van der Waals surface area (Å²) < 4.78 is 16.4. The van der Waals surface area contributed by atoms with Crippen molar-refractivity contribution in [2.45, 2.75) is 51.4 Å². The summed E-state index contributed by atoms with van der Waals surface area (Å²) in [6.45, 7) is 11.1. The smallest absolute Gasteiger partial charge is 0.330 e. The van der Waals surface area contributed by atoms with Gasteiger partial charge < -0.3 is 13.9 Å². The Labute approximate surface area is 146 Å². The minimum Gasteiger partial charge on any atom is -0.497 e. The Morgan fingerprint density at radius 1 is 1.17 bits per heavy atom. The van der Waals surface area contributed by atoms with Crippen molar-refractivity contribution in [3.63, 3.8) is 0 Å². The van der Waals surface area contributed by atoms with E-state index in [1.807, 2.05) is 30.3 Å². The van der Waals surface area contributed by atoms with E-state index in [0.717, 1.165) is 11.3 Å². The molecule has 0 saturated heterocycles. The molecule has 0 bridgehead atoms. The van der Waals surface area contributed by atoms with Crippen molar-refractivity contribution >= 4 is 14.3 Å². The van der Waals surface area contributed by atoms with E-state index in [4.69, 9.17) is 9.16 Å². The first-order chi connectivity index (χ1) is 11.1. The molecule has 0 radical (unpaired) electrons. The lowest BCUT2D eigenvalue weighted by atomic mass is 10.1. The van der Waals surface area contributed by atoms with Crippen LogP contribution in [-0.2, 0) is 14.0 Å². The molecule has 0 aliphatic carbocycles. The van der Waals surface area contributed by atoms with Crippen LogP contribution in [0, 0.1) is 0 Å². The van der Waals surface area contributed by atoms with Gasteiger partial charge >= 0.3 is 5.97 Å². The Balaban J connectivity index is 3.02. The molecule has 0 aliphatic heterocycles. The van der Waals surface area contributed by atoms with Gasteiger partial charge in [-0.05, 0) is 42.2 Å². The molecule has 4 nitrogen and oxygen atoms in total. The molecule has 5 heteroatoms. The maximum Gasteiger partial charge on any atom is 0.330 e. The maximum atomic E-state index is 11.3. The highest BCUT2D eigenvalue weighted by Gasteiger charge is 2.39. The second kappa shape index (κ2) is 8.49. The van der Waals surface area contributed by atoms with Crippen molar-refractivity contribution in [2.75, 3.05) is 14.2 Å². The van der Waals surface area contributed by atoms with Crippen molar-refractivity contribution in [3.8, 4) is 5.75 Å². The summed E-state index contributed by atoms with van der Waals surface area (Å²) >= 11 is 0. The standard InChI is InChI=1S/C19H30O4Si/c1-19(2,3)24(6,7)23-17(9-8-10-18(20)22-5)15-11-13-16(21-4)14-12-15/h8,10-14,17H,9H2,1-7H3/b10-8+. The van der Waals surface area contributed by atoms with Crippen LogP contribution in [0.5, 0.6) is 5.75 Å². The Morgan fingerprint density at radius 3 is 2.21 bits per heavy atom. The first-order valence-electron chi connectivity index (χ1n) is 8.17. The lowest BCUT2D eigenvalue weighted by Crippen LogP contribution is -2.41. The Bertz CT molecular complexity index is 556. The minimum absolute atomic E-state index is 0.0993. The van der Waals surface area contributed by atoms with E-state index >= 15 is 0 Å². The van der Waals surface area contributed by atoms with E-state index < -0.39 is 8.32 Å². The first kappa shape index (κ1) is 20.5. The zero-order valence-electron chi connectivity index (χ0n) is 15.9. The van der Waals surface area contributed by atoms with E-state index in [1.165, 1.54) is 13.2 Å². The van der Waals surface area contributed by atoms with Crippen molar-refractivity contribution in [3.05, 3.63) is 42.0 Å². The van der Waals surface area contributed by atoms with Crippen LogP contribution in [0.1, 0.15) is 38.9 Å². The van der Waals surface area contributed by atoms with Crippen LogP contribution >= 0.6 is 0 Å². The molecule has 1 unspecified atom stereocenters. The summed E-state index contributed by atoms with van der Waals surface area (Å²) in [5.74, 6) is 0.464. The monoisotopic (exact) mass is 350 g/mol. The van der Waals surface area contributed by atoms with Gasteiger partial charge in [0.25, 0.3) is 0 Å². The van der Waals surface area contributed by atoms with Crippen LogP contribution < -0.4 is 4.74 Å². The van der Waals surface area contributed by atoms with Gasteiger partial charge in [0.1, 0.15) is 5.75 Å². The van der Waals surface area contributed by atoms with Crippen LogP contribution in [0.15, 0.2) is 36.4 Å².